The number of aromatic nitrogens is 3. The second kappa shape index (κ2) is 9.07. The molecule has 0 aliphatic carbocycles. The quantitative estimate of drug-likeness (QED) is 0.208. The Morgan fingerprint density at radius 1 is 0.971 bits per heavy atom. The normalized spacial score (nSPS) is 17.0. The number of phenolic OH excluding ortho intramolecular Hbond substituents is 4. The lowest BCUT2D eigenvalue weighted by Crippen LogP contribution is -2.33. The zero-order valence-electron chi connectivity index (χ0n) is 18.6. The molecule has 35 heavy (non-hydrogen) atoms. The highest BCUT2D eigenvalue weighted by molar-refractivity contribution is 5.52. The smallest absolute Gasteiger partial charge is 0.157 e. The highest BCUT2D eigenvalue weighted by Gasteiger charge is 2.34. The van der Waals surface area contributed by atoms with E-state index in [2.05, 4.69) is 10.3 Å². The van der Waals surface area contributed by atoms with Crippen molar-refractivity contribution in [2.24, 2.45) is 0 Å². The van der Waals surface area contributed by atoms with E-state index in [9.17, 15) is 20.4 Å². The van der Waals surface area contributed by atoms with Crippen molar-refractivity contribution < 1.29 is 29.9 Å². The van der Waals surface area contributed by atoms with Crippen LogP contribution in [0.15, 0.2) is 60.8 Å². The molecule has 3 aromatic carbocycles. The van der Waals surface area contributed by atoms with Gasteiger partial charge in [-0.2, -0.15) is 0 Å². The van der Waals surface area contributed by atoms with E-state index in [0.29, 0.717) is 34.8 Å². The van der Waals surface area contributed by atoms with Crippen LogP contribution in [0.5, 0.6) is 28.7 Å². The Bertz CT molecular complexity index is 1350. The fourth-order valence-corrected chi connectivity index (χ4v) is 4.08. The maximum atomic E-state index is 10.3. The standard InChI is InChI=1S/C25H24N4O6/c26-16-4-1-14(2-5-16)11-29-12-17(27-28-29)13-34-24-10-19-21(32)8-18(30)9-23(19)35-25(24)15-3-6-20(31)22(33)7-15/h1-9,12,24-25,30-33H,10-11,13,26H2/t24-,25+/m0/s1. The number of fused-ring (bicyclic) bond motifs is 1. The summed E-state index contributed by atoms with van der Waals surface area (Å²) in [5.74, 6) is -0.467. The van der Waals surface area contributed by atoms with Crippen molar-refractivity contribution in [3.05, 3.63) is 83.2 Å². The molecule has 4 aromatic rings. The maximum Gasteiger partial charge on any atom is 0.157 e. The zero-order valence-corrected chi connectivity index (χ0v) is 18.6. The van der Waals surface area contributed by atoms with Crippen LogP contribution in [0, 0.1) is 0 Å². The predicted molar refractivity (Wildman–Crippen MR) is 125 cm³/mol. The van der Waals surface area contributed by atoms with Gasteiger partial charge < -0.3 is 35.6 Å². The summed E-state index contributed by atoms with van der Waals surface area (Å²) in [7, 11) is 0. The first-order chi connectivity index (χ1) is 16.9. The Labute approximate surface area is 200 Å². The van der Waals surface area contributed by atoms with Gasteiger partial charge in [0.1, 0.15) is 29.0 Å². The first kappa shape index (κ1) is 22.4. The van der Waals surface area contributed by atoms with Crippen molar-refractivity contribution in [3.63, 3.8) is 0 Å². The van der Waals surface area contributed by atoms with E-state index in [0.717, 1.165) is 5.56 Å². The number of phenols is 4. The molecule has 10 heteroatoms. The van der Waals surface area contributed by atoms with Gasteiger partial charge >= 0.3 is 0 Å². The summed E-state index contributed by atoms with van der Waals surface area (Å²) in [6.45, 7) is 0.657. The monoisotopic (exact) mass is 476 g/mol. The molecule has 0 fully saturated rings. The van der Waals surface area contributed by atoms with Crippen LogP contribution in [-0.2, 0) is 24.3 Å². The van der Waals surface area contributed by atoms with Crippen molar-refractivity contribution in [2.75, 3.05) is 5.73 Å². The topological polar surface area (TPSA) is 156 Å². The first-order valence-electron chi connectivity index (χ1n) is 10.9. The number of nitrogen functional groups attached to an aromatic ring is 1. The van der Waals surface area contributed by atoms with Gasteiger partial charge in [0.2, 0.25) is 0 Å². The van der Waals surface area contributed by atoms with Crippen LogP contribution < -0.4 is 10.5 Å². The molecule has 5 rings (SSSR count). The Morgan fingerprint density at radius 2 is 1.77 bits per heavy atom. The summed E-state index contributed by atoms with van der Waals surface area (Å²) in [5, 5.41) is 48.2. The fraction of sp³-hybridized carbons (Fsp3) is 0.200. The summed E-state index contributed by atoms with van der Waals surface area (Å²) >= 11 is 0. The lowest BCUT2D eigenvalue weighted by molar-refractivity contribution is -0.0476. The van der Waals surface area contributed by atoms with E-state index in [-0.39, 0.29) is 36.0 Å². The molecule has 6 N–H and O–H groups in total. The van der Waals surface area contributed by atoms with Gasteiger partial charge in [0.05, 0.1) is 19.3 Å². The third kappa shape index (κ3) is 4.78. The van der Waals surface area contributed by atoms with E-state index in [1.807, 2.05) is 24.3 Å². The number of hydrogen-bond donors (Lipinski definition) is 5. The van der Waals surface area contributed by atoms with Crippen LogP contribution in [-0.4, -0.2) is 41.5 Å². The minimum absolute atomic E-state index is 0.102. The van der Waals surface area contributed by atoms with Crippen molar-refractivity contribution in [1.29, 1.82) is 0 Å². The Hall–Kier alpha value is -4.44. The molecule has 0 amide bonds. The summed E-state index contributed by atoms with van der Waals surface area (Å²) in [5.41, 5.74) is 9.12. The molecular weight excluding hydrogens is 452 g/mol. The van der Waals surface area contributed by atoms with E-state index in [1.165, 1.54) is 24.3 Å². The lowest BCUT2D eigenvalue weighted by Gasteiger charge is -2.34. The van der Waals surface area contributed by atoms with Crippen molar-refractivity contribution in [3.8, 4) is 28.7 Å². The predicted octanol–water partition coefficient (Wildman–Crippen LogP) is 2.99. The molecule has 0 saturated heterocycles. The molecule has 0 saturated carbocycles. The van der Waals surface area contributed by atoms with Crippen molar-refractivity contribution >= 4 is 5.69 Å². The van der Waals surface area contributed by atoms with Gasteiger partial charge in [-0.3, -0.25) is 0 Å². The van der Waals surface area contributed by atoms with Gasteiger partial charge in [-0.25, -0.2) is 4.68 Å². The van der Waals surface area contributed by atoms with Crippen LogP contribution >= 0.6 is 0 Å². The molecule has 0 bridgehead atoms. The number of nitrogens with two attached hydrogens (primary N) is 1. The minimum Gasteiger partial charge on any atom is -0.508 e. The molecule has 0 unspecified atom stereocenters. The second-order valence-electron chi connectivity index (χ2n) is 8.43. The third-order valence-electron chi connectivity index (χ3n) is 5.85. The van der Waals surface area contributed by atoms with Crippen molar-refractivity contribution in [1.82, 2.24) is 15.0 Å². The van der Waals surface area contributed by atoms with Crippen LogP contribution in [0.3, 0.4) is 0 Å². The van der Waals surface area contributed by atoms with Crippen LogP contribution in [0.4, 0.5) is 5.69 Å². The molecule has 10 nitrogen and oxygen atoms in total. The zero-order chi connectivity index (χ0) is 24.5. The SMILES string of the molecule is Nc1ccc(Cn2cc(CO[C@H]3Cc4c(O)cc(O)cc4O[C@@H]3c3ccc(O)c(O)c3)nn2)cc1. The van der Waals surface area contributed by atoms with Crippen LogP contribution in [0.2, 0.25) is 0 Å². The van der Waals surface area contributed by atoms with E-state index in [1.54, 1.807) is 16.9 Å². The van der Waals surface area contributed by atoms with Gasteiger partial charge in [-0.15, -0.1) is 5.10 Å². The van der Waals surface area contributed by atoms with Gasteiger partial charge in [0.25, 0.3) is 0 Å². The average Bonchev–Trinajstić information content (AvgIpc) is 3.28. The van der Waals surface area contributed by atoms with Gasteiger partial charge in [-0.1, -0.05) is 23.4 Å². The molecule has 2 atom stereocenters. The Morgan fingerprint density at radius 3 is 2.54 bits per heavy atom. The van der Waals surface area contributed by atoms with E-state index >= 15 is 0 Å². The molecule has 0 spiro atoms. The molecular formula is C25H24N4O6. The number of nitrogens with zero attached hydrogens (tertiary/aromatic N) is 3. The third-order valence-corrected chi connectivity index (χ3v) is 5.85. The van der Waals surface area contributed by atoms with Crippen LogP contribution in [0.25, 0.3) is 0 Å². The Balaban J connectivity index is 1.35. The van der Waals surface area contributed by atoms with Gasteiger partial charge in [-0.05, 0) is 35.4 Å². The fourth-order valence-electron chi connectivity index (χ4n) is 4.08. The minimum atomic E-state index is -0.681. The molecule has 1 aromatic heterocycles. The second-order valence-corrected chi connectivity index (χ2v) is 8.43. The number of ether oxygens (including phenoxy) is 2. The number of hydrogen-bond acceptors (Lipinski definition) is 9. The highest BCUT2D eigenvalue weighted by Crippen LogP contribution is 2.43. The van der Waals surface area contributed by atoms with E-state index in [4.69, 9.17) is 15.2 Å². The number of rotatable bonds is 6. The summed E-state index contributed by atoms with van der Waals surface area (Å²) in [4.78, 5) is 0. The van der Waals surface area contributed by atoms with E-state index < -0.39 is 12.2 Å². The van der Waals surface area contributed by atoms with Crippen molar-refractivity contribution in [2.45, 2.75) is 31.8 Å². The van der Waals surface area contributed by atoms with Crippen LogP contribution in [0.1, 0.15) is 28.5 Å². The summed E-state index contributed by atoms with van der Waals surface area (Å²) < 4.78 is 13.9. The highest BCUT2D eigenvalue weighted by atomic mass is 16.5. The lowest BCUT2D eigenvalue weighted by atomic mass is 9.93. The largest absolute Gasteiger partial charge is 0.508 e. The van der Waals surface area contributed by atoms with Gasteiger partial charge in [0.15, 0.2) is 17.6 Å². The summed E-state index contributed by atoms with van der Waals surface area (Å²) in [6, 6.07) is 14.5. The number of anilines is 1. The molecule has 1 aliphatic rings. The molecule has 0 radical (unpaired) electrons. The molecule has 180 valence electrons. The first-order valence-corrected chi connectivity index (χ1v) is 10.9. The molecule has 2 heterocycles. The average molecular weight is 476 g/mol. The maximum absolute atomic E-state index is 10.3. The number of aromatic hydroxyl groups is 4. The summed E-state index contributed by atoms with van der Waals surface area (Å²) in [6.07, 6.45) is 0.822. The molecule has 1 aliphatic heterocycles. The number of benzene rings is 3. The van der Waals surface area contributed by atoms with Gasteiger partial charge in [0, 0.05) is 29.8 Å². The Kier molecular flexibility index (Phi) is 5.79.